The second-order valence-corrected chi connectivity index (χ2v) is 9.26. The number of aromatic nitrogens is 2. The van der Waals surface area contributed by atoms with Crippen LogP contribution < -0.4 is 0 Å². The molecule has 0 saturated heterocycles. The van der Waals surface area contributed by atoms with Gasteiger partial charge >= 0.3 is 5.97 Å². The first-order valence-corrected chi connectivity index (χ1v) is 9.85. The van der Waals surface area contributed by atoms with Gasteiger partial charge in [0.05, 0.1) is 29.4 Å². The van der Waals surface area contributed by atoms with Gasteiger partial charge in [-0.3, -0.25) is 4.57 Å². The summed E-state index contributed by atoms with van der Waals surface area (Å²) >= 11 is 0. The second kappa shape index (κ2) is 6.20. The Labute approximate surface area is 166 Å². The van der Waals surface area contributed by atoms with Crippen LogP contribution in [-0.2, 0) is 15.6 Å². The van der Waals surface area contributed by atoms with Gasteiger partial charge in [-0.2, -0.15) is 0 Å². The maximum Gasteiger partial charge on any atom is 0.337 e. The predicted molar refractivity (Wildman–Crippen MR) is 112 cm³/mol. The third kappa shape index (κ3) is 2.83. The van der Waals surface area contributed by atoms with Crippen molar-refractivity contribution >= 4 is 17.0 Å². The van der Waals surface area contributed by atoms with Crippen molar-refractivity contribution in [1.29, 1.82) is 0 Å². The van der Waals surface area contributed by atoms with E-state index >= 15 is 0 Å². The van der Waals surface area contributed by atoms with Gasteiger partial charge < -0.3 is 4.74 Å². The van der Waals surface area contributed by atoms with E-state index in [0.29, 0.717) is 5.56 Å². The fourth-order valence-electron chi connectivity index (χ4n) is 4.42. The first-order chi connectivity index (χ1) is 13.1. The fourth-order valence-corrected chi connectivity index (χ4v) is 4.42. The summed E-state index contributed by atoms with van der Waals surface area (Å²) in [6.45, 7) is 11.5. The Morgan fingerprint density at radius 3 is 2.32 bits per heavy atom. The van der Waals surface area contributed by atoms with Crippen LogP contribution in [0.3, 0.4) is 0 Å². The van der Waals surface area contributed by atoms with Gasteiger partial charge in [0.15, 0.2) is 0 Å². The normalized spacial score (nSPS) is 17.4. The minimum absolute atomic E-state index is 0.155. The van der Waals surface area contributed by atoms with Gasteiger partial charge in [-0.25, -0.2) is 9.78 Å². The van der Waals surface area contributed by atoms with Crippen LogP contribution in [-0.4, -0.2) is 22.6 Å². The van der Waals surface area contributed by atoms with Crippen LogP contribution in [0.4, 0.5) is 0 Å². The summed E-state index contributed by atoms with van der Waals surface area (Å²) in [4.78, 5) is 16.4. The van der Waals surface area contributed by atoms with E-state index < -0.39 is 0 Å². The zero-order valence-corrected chi connectivity index (χ0v) is 17.6. The molecule has 0 bridgehead atoms. The Balaban J connectivity index is 1.90. The molecule has 4 nitrogen and oxygen atoms in total. The number of fused-ring (bicyclic) bond motifs is 2. The van der Waals surface area contributed by atoms with Crippen molar-refractivity contribution in [2.24, 2.45) is 0 Å². The molecule has 0 spiro atoms. The van der Waals surface area contributed by atoms with Gasteiger partial charge in [0.2, 0.25) is 0 Å². The van der Waals surface area contributed by atoms with Gasteiger partial charge in [-0.15, -0.1) is 0 Å². The summed E-state index contributed by atoms with van der Waals surface area (Å²) in [5, 5.41) is 0. The van der Waals surface area contributed by atoms with Crippen LogP contribution in [0.2, 0.25) is 0 Å². The minimum atomic E-state index is -0.342. The average molecular weight is 377 g/mol. The van der Waals surface area contributed by atoms with E-state index in [1.165, 1.54) is 36.6 Å². The molecule has 0 radical (unpaired) electrons. The first-order valence-electron chi connectivity index (χ1n) is 9.85. The van der Waals surface area contributed by atoms with Gasteiger partial charge in [-0.05, 0) is 71.6 Å². The van der Waals surface area contributed by atoms with Gasteiger partial charge in [0.25, 0.3) is 0 Å². The largest absolute Gasteiger partial charge is 0.465 e. The van der Waals surface area contributed by atoms with Crippen molar-refractivity contribution in [2.45, 2.75) is 58.3 Å². The third-order valence-corrected chi connectivity index (χ3v) is 6.40. The van der Waals surface area contributed by atoms with Gasteiger partial charge in [0.1, 0.15) is 6.33 Å². The maximum atomic E-state index is 11.8. The maximum absolute atomic E-state index is 11.8. The molecule has 0 amide bonds. The monoisotopic (exact) mass is 376 g/mol. The summed E-state index contributed by atoms with van der Waals surface area (Å²) in [5.74, 6) is -0.342. The van der Waals surface area contributed by atoms with Crippen LogP contribution in [0, 0.1) is 6.92 Å². The summed E-state index contributed by atoms with van der Waals surface area (Å²) in [5.41, 5.74) is 7.93. The lowest BCUT2D eigenvalue weighted by molar-refractivity contribution is 0.0601. The lowest BCUT2D eigenvalue weighted by Gasteiger charge is -2.42. The molecular formula is C24H28N2O2. The highest BCUT2D eigenvalue weighted by molar-refractivity contribution is 5.93. The quantitative estimate of drug-likeness (QED) is 0.557. The van der Waals surface area contributed by atoms with Crippen LogP contribution in [0.5, 0.6) is 0 Å². The van der Waals surface area contributed by atoms with E-state index in [4.69, 9.17) is 4.74 Å². The van der Waals surface area contributed by atoms with Crippen LogP contribution in [0.1, 0.15) is 67.6 Å². The molecule has 28 heavy (non-hydrogen) atoms. The fraction of sp³-hybridized carbons (Fsp3) is 0.417. The van der Waals surface area contributed by atoms with E-state index in [0.717, 1.165) is 16.7 Å². The highest BCUT2D eigenvalue weighted by atomic mass is 16.5. The third-order valence-electron chi connectivity index (χ3n) is 6.40. The second-order valence-electron chi connectivity index (χ2n) is 9.26. The average Bonchev–Trinajstić information content (AvgIpc) is 3.07. The minimum Gasteiger partial charge on any atom is -0.465 e. The molecule has 1 heterocycles. The van der Waals surface area contributed by atoms with Crippen molar-refractivity contribution in [3.8, 4) is 5.69 Å². The zero-order valence-electron chi connectivity index (χ0n) is 17.6. The van der Waals surface area contributed by atoms with Crippen molar-refractivity contribution in [2.75, 3.05) is 7.11 Å². The number of methoxy groups -OCH3 is 1. The van der Waals surface area contributed by atoms with Crippen molar-refractivity contribution < 1.29 is 9.53 Å². The molecule has 1 aliphatic rings. The molecule has 1 aromatic heterocycles. The number of esters is 1. The lowest BCUT2D eigenvalue weighted by Crippen LogP contribution is -2.34. The van der Waals surface area contributed by atoms with E-state index in [1.807, 2.05) is 12.4 Å². The van der Waals surface area contributed by atoms with Crippen LogP contribution >= 0.6 is 0 Å². The molecule has 0 atom stereocenters. The standard InChI is InChI=1S/C24H28N2O2/c1-15-11-17-18(24(4,5)10-9-23(17,2)3)13-21(15)26-14-25-19-12-16(22(27)28-6)7-8-20(19)26/h7-8,11-14H,9-10H2,1-6H3. The van der Waals surface area contributed by atoms with Crippen molar-refractivity contribution in [1.82, 2.24) is 9.55 Å². The summed E-state index contributed by atoms with van der Waals surface area (Å²) in [6.07, 6.45) is 4.24. The molecule has 2 aromatic carbocycles. The van der Waals surface area contributed by atoms with Crippen LogP contribution in [0.15, 0.2) is 36.7 Å². The number of hydrogen-bond donors (Lipinski definition) is 0. The lowest BCUT2D eigenvalue weighted by atomic mass is 9.63. The SMILES string of the molecule is COC(=O)c1ccc2c(c1)ncn2-c1cc2c(cc1C)C(C)(C)CCC2(C)C. The van der Waals surface area contributed by atoms with Gasteiger partial charge in [0, 0.05) is 0 Å². The number of aryl methyl sites for hydroxylation is 1. The van der Waals surface area contributed by atoms with E-state index in [2.05, 4.69) is 56.3 Å². The molecule has 1 aliphatic carbocycles. The van der Waals surface area contributed by atoms with Gasteiger partial charge in [-0.1, -0.05) is 33.8 Å². The number of carbonyl (C=O) groups excluding carboxylic acids is 1. The Bertz CT molecular complexity index is 1090. The number of imidazole rings is 1. The number of carbonyl (C=O) groups is 1. The molecule has 0 unspecified atom stereocenters. The number of benzene rings is 2. The molecular weight excluding hydrogens is 348 g/mol. The number of hydrogen-bond acceptors (Lipinski definition) is 3. The Hall–Kier alpha value is -2.62. The van der Waals surface area contributed by atoms with Crippen molar-refractivity contribution in [3.63, 3.8) is 0 Å². The molecule has 0 fully saturated rings. The molecule has 0 aliphatic heterocycles. The number of rotatable bonds is 2. The topological polar surface area (TPSA) is 44.1 Å². The van der Waals surface area contributed by atoms with E-state index in [-0.39, 0.29) is 16.8 Å². The van der Waals surface area contributed by atoms with Crippen molar-refractivity contribution in [3.05, 3.63) is 58.9 Å². The molecule has 4 rings (SSSR count). The smallest absolute Gasteiger partial charge is 0.337 e. The van der Waals surface area contributed by atoms with E-state index in [9.17, 15) is 4.79 Å². The summed E-state index contributed by atoms with van der Waals surface area (Å²) in [7, 11) is 1.39. The summed E-state index contributed by atoms with van der Waals surface area (Å²) in [6, 6.07) is 10.2. The number of ether oxygens (including phenoxy) is 1. The highest BCUT2D eigenvalue weighted by Gasteiger charge is 2.37. The molecule has 0 saturated carbocycles. The molecule has 3 aromatic rings. The Morgan fingerprint density at radius 2 is 1.68 bits per heavy atom. The van der Waals surface area contributed by atoms with Crippen LogP contribution in [0.25, 0.3) is 16.7 Å². The first kappa shape index (κ1) is 18.7. The number of nitrogens with zero attached hydrogens (tertiary/aromatic N) is 2. The zero-order chi connectivity index (χ0) is 20.3. The van der Waals surface area contributed by atoms with E-state index in [1.54, 1.807) is 12.1 Å². The predicted octanol–water partition coefficient (Wildman–Crippen LogP) is 5.47. The molecule has 4 heteroatoms. The molecule has 0 N–H and O–H groups in total. The molecule has 146 valence electrons. The summed E-state index contributed by atoms with van der Waals surface area (Å²) < 4.78 is 6.96. The Kier molecular flexibility index (Phi) is 4.14. The Morgan fingerprint density at radius 1 is 1.04 bits per heavy atom. The highest BCUT2D eigenvalue weighted by Crippen LogP contribution is 2.47.